The van der Waals surface area contributed by atoms with E-state index in [2.05, 4.69) is 0 Å². The van der Waals surface area contributed by atoms with Gasteiger partial charge in [0.25, 0.3) is 0 Å². The molecule has 23 heavy (non-hydrogen) atoms. The third-order valence-corrected chi connectivity index (χ3v) is 3.96. The number of hydrogen-bond acceptors (Lipinski definition) is 6. The first-order valence-electron chi connectivity index (χ1n) is 7.72. The zero-order valence-electron chi connectivity index (χ0n) is 13.6. The molecule has 1 aromatic rings. The summed E-state index contributed by atoms with van der Waals surface area (Å²) >= 11 is 0. The average molecular weight is 322 g/mol. The van der Waals surface area contributed by atoms with Crippen LogP contribution in [0.1, 0.15) is 25.8 Å². The Morgan fingerprint density at radius 3 is 2.57 bits per heavy atom. The van der Waals surface area contributed by atoms with Gasteiger partial charge in [0.05, 0.1) is 20.1 Å². The van der Waals surface area contributed by atoms with Gasteiger partial charge in [-0.3, -0.25) is 4.79 Å². The molecule has 0 unspecified atom stereocenters. The number of methoxy groups -OCH3 is 1. The zero-order valence-corrected chi connectivity index (χ0v) is 13.6. The fraction of sp³-hybridized carbons (Fsp3) is 0.588. The van der Waals surface area contributed by atoms with E-state index in [-0.39, 0.29) is 24.6 Å². The van der Waals surface area contributed by atoms with E-state index < -0.39 is 18.2 Å². The summed E-state index contributed by atoms with van der Waals surface area (Å²) < 4.78 is 28.2. The van der Waals surface area contributed by atoms with E-state index >= 15 is 0 Å². The second kappa shape index (κ2) is 6.57. The van der Waals surface area contributed by atoms with Crippen LogP contribution < -0.4 is 0 Å². The van der Waals surface area contributed by atoms with Gasteiger partial charge in [0.1, 0.15) is 18.3 Å². The van der Waals surface area contributed by atoms with E-state index in [0.29, 0.717) is 6.61 Å². The Kier molecular flexibility index (Phi) is 4.68. The van der Waals surface area contributed by atoms with E-state index in [1.54, 1.807) is 0 Å². The highest BCUT2D eigenvalue weighted by molar-refractivity contribution is 5.70. The number of carbonyl (C=O) groups is 1. The maximum atomic E-state index is 11.6. The molecule has 0 amide bonds. The number of esters is 1. The molecule has 6 nitrogen and oxygen atoms in total. The van der Waals surface area contributed by atoms with E-state index in [1.807, 2.05) is 44.2 Å². The summed E-state index contributed by atoms with van der Waals surface area (Å²) in [5, 5.41) is 0. The molecule has 0 spiro atoms. The first-order valence-corrected chi connectivity index (χ1v) is 7.72. The molecule has 2 saturated heterocycles. The van der Waals surface area contributed by atoms with Crippen molar-refractivity contribution in [1.29, 1.82) is 0 Å². The molecule has 3 rings (SSSR count). The third kappa shape index (κ3) is 3.72. The quantitative estimate of drug-likeness (QED) is 0.773. The molecule has 4 atom stereocenters. The molecule has 0 aromatic heterocycles. The fourth-order valence-corrected chi connectivity index (χ4v) is 2.94. The number of rotatable bonds is 5. The monoisotopic (exact) mass is 322 g/mol. The Bertz CT molecular complexity index is 543. The summed E-state index contributed by atoms with van der Waals surface area (Å²) in [6.07, 6.45) is -1.60. The number of fused-ring (bicyclic) bond motifs is 1. The molecule has 0 radical (unpaired) electrons. The molecule has 0 aliphatic carbocycles. The van der Waals surface area contributed by atoms with Gasteiger partial charge in [0, 0.05) is 0 Å². The van der Waals surface area contributed by atoms with Crippen LogP contribution in [0.15, 0.2) is 30.3 Å². The number of hydrogen-bond donors (Lipinski definition) is 0. The predicted molar refractivity (Wildman–Crippen MR) is 80.4 cm³/mol. The normalized spacial score (nSPS) is 31.8. The molecule has 0 saturated carbocycles. The van der Waals surface area contributed by atoms with Crippen molar-refractivity contribution in [3.05, 3.63) is 35.9 Å². The van der Waals surface area contributed by atoms with Crippen molar-refractivity contribution in [3.63, 3.8) is 0 Å². The van der Waals surface area contributed by atoms with Gasteiger partial charge >= 0.3 is 5.97 Å². The summed E-state index contributed by atoms with van der Waals surface area (Å²) in [5.74, 6) is -1.06. The van der Waals surface area contributed by atoms with Crippen LogP contribution in [-0.2, 0) is 35.1 Å². The minimum absolute atomic E-state index is 0.113. The lowest BCUT2D eigenvalue weighted by Gasteiger charge is -2.24. The molecule has 6 heteroatoms. The van der Waals surface area contributed by atoms with E-state index in [0.717, 1.165) is 5.56 Å². The van der Waals surface area contributed by atoms with Gasteiger partial charge in [-0.2, -0.15) is 0 Å². The summed E-state index contributed by atoms with van der Waals surface area (Å²) in [7, 11) is 1.36. The van der Waals surface area contributed by atoms with Crippen molar-refractivity contribution in [1.82, 2.24) is 0 Å². The summed E-state index contributed by atoms with van der Waals surface area (Å²) in [4.78, 5) is 11.6. The Hall–Kier alpha value is -1.47. The molecule has 1 aromatic carbocycles. The fourth-order valence-electron chi connectivity index (χ4n) is 2.94. The standard InChI is InChI=1S/C17H22O6/c1-17(2)22-14-12(9-13(18)19-3)21-16(15(14)23-17)20-10-11-7-5-4-6-8-11/h4-8,12,14-16H,9-10H2,1-3H3/t12-,14-,15-,16-/m0/s1. The predicted octanol–water partition coefficient (Wildman–Crippen LogP) is 2.01. The largest absolute Gasteiger partial charge is 0.469 e. The molecule has 0 bridgehead atoms. The van der Waals surface area contributed by atoms with Gasteiger partial charge in [0.15, 0.2) is 12.1 Å². The van der Waals surface area contributed by atoms with Gasteiger partial charge < -0.3 is 23.7 Å². The molecule has 2 fully saturated rings. The Labute approximate surface area is 135 Å². The Morgan fingerprint density at radius 2 is 1.87 bits per heavy atom. The highest BCUT2D eigenvalue weighted by atomic mass is 16.8. The van der Waals surface area contributed by atoms with Crippen LogP contribution in [0.2, 0.25) is 0 Å². The van der Waals surface area contributed by atoms with Gasteiger partial charge in [-0.25, -0.2) is 0 Å². The maximum Gasteiger partial charge on any atom is 0.308 e. The van der Waals surface area contributed by atoms with Gasteiger partial charge in [-0.15, -0.1) is 0 Å². The zero-order chi connectivity index (χ0) is 16.4. The molecular weight excluding hydrogens is 300 g/mol. The van der Waals surface area contributed by atoms with Crippen molar-refractivity contribution >= 4 is 5.97 Å². The first kappa shape index (κ1) is 16.4. The lowest BCUT2D eigenvalue weighted by molar-refractivity contribution is -0.237. The van der Waals surface area contributed by atoms with Crippen LogP contribution in [0.5, 0.6) is 0 Å². The van der Waals surface area contributed by atoms with Crippen molar-refractivity contribution in [3.8, 4) is 0 Å². The number of ether oxygens (including phenoxy) is 5. The van der Waals surface area contributed by atoms with Gasteiger partial charge in [-0.05, 0) is 19.4 Å². The highest BCUT2D eigenvalue weighted by Crippen LogP contribution is 2.40. The van der Waals surface area contributed by atoms with Crippen LogP contribution in [0.3, 0.4) is 0 Å². The number of carbonyl (C=O) groups excluding carboxylic acids is 1. The van der Waals surface area contributed by atoms with E-state index in [4.69, 9.17) is 23.7 Å². The molecule has 126 valence electrons. The lowest BCUT2D eigenvalue weighted by Crippen LogP contribution is -2.31. The third-order valence-electron chi connectivity index (χ3n) is 3.96. The topological polar surface area (TPSA) is 63.2 Å². The van der Waals surface area contributed by atoms with Crippen LogP contribution >= 0.6 is 0 Å². The van der Waals surface area contributed by atoms with Gasteiger partial charge in [0.2, 0.25) is 0 Å². The van der Waals surface area contributed by atoms with E-state index in [1.165, 1.54) is 7.11 Å². The minimum Gasteiger partial charge on any atom is -0.469 e. The molecule has 2 aliphatic rings. The van der Waals surface area contributed by atoms with Crippen LogP contribution in [0.4, 0.5) is 0 Å². The minimum atomic E-state index is -0.720. The smallest absolute Gasteiger partial charge is 0.308 e. The molecule has 0 N–H and O–H groups in total. The SMILES string of the molecule is COC(=O)C[C@@H]1O[C@H](OCc2ccccc2)[C@H]2OC(C)(C)O[C@H]21. The molecular formula is C17H22O6. The van der Waals surface area contributed by atoms with Crippen LogP contribution in [-0.4, -0.2) is 43.5 Å². The molecule has 2 aliphatic heterocycles. The van der Waals surface area contributed by atoms with Crippen LogP contribution in [0.25, 0.3) is 0 Å². The average Bonchev–Trinajstić information content (AvgIpc) is 3.00. The van der Waals surface area contributed by atoms with Crippen molar-refractivity contribution in [2.24, 2.45) is 0 Å². The second-order valence-corrected chi connectivity index (χ2v) is 6.18. The maximum absolute atomic E-state index is 11.6. The Morgan fingerprint density at radius 1 is 1.17 bits per heavy atom. The van der Waals surface area contributed by atoms with Crippen LogP contribution in [0, 0.1) is 0 Å². The van der Waals surface area contributed by atoms with E-state index in [9.17, 15) is 4.79 Å². The van der Waals surface area contributed by atoms with Crippen molar-refractivity contribution in [2.45, 2.75) is 57.3 Å². The second-order valence-electron chi connectivity index (χ2n) is 6.18. The Balaban J connectivity index is 1.66. The molecule has 2 heterocycles. The van der Waals surface area contributed by atoms with Crippen molar-refractivity contribution < 1.29 is 28.5 Å². The highest BCUT2D eigenvalue weighted by Gasteiger charge is 2.56. The van der Waals surface area contributed by atoms with Crippen molar-refractivity contribution in [2.75, 3.05) is 7.11 Å². The summed E-state index contributed by atoms with van der Waals surface area (Å²) in [5.41, 5.74) is 1.04. The summed E-state index contributed by atoms with van der Waals surface area (Å²) in [6, 6.07) is 9.82. The number of benzene rings is 1. The van der Waals surface area contributed by atoms with Gasteiger partial charge in [-0.1, -0.05) is 30.3 Å². The lowest BCUT2D eigenvalue weighted by atomic mass is 10.1. The first-order chi connectivity index (χ1) is 11.0. The summed E-state index contributed by atoms with van der Waals surface area (Å²) in [6.45, 7) is 4.09.